The number of ether oxygens (including phenoxy) is 1. The number of anilines is 1. The van der Waals surface area contributed by atoms with Crippen molar-refractivity contribution >= 4 is 56.7 Å². The summed E-state index contributed by atoms with van der Waals surface area (Å²) in [7, 11) is -4.95. The predicted molar refractivity (Wildman–Crippen MR) is 209 cm³/mol. The number of fused-ring (bicyclic) bond motifs is 2. The molecule has 0 saturated carbocycles. The lowest BCUT2D eigenvalue weighted by molar-refractivity contribution is -0.121. The molecule has 292 valence electrons. The fraction of sp³-hybridized carbons (Fsp3) is 0.316. The molecule has 2 aliphatic rings. The number of urea groups is 1. The van der Waals surface area contributed by atoms with Gasteiger partial charge in [0.05, 0.1) is 28.9 Å². The normalized spacial score (nSPS) is 17.6. The zero-order valence-electron chi connectivity index (χ0n) is 30.1. The number of carbonyl (C=O) groups excluding carboxylic acids is 3. The number of hydrogen-bond acceptors (Lipinski definition) is 11. The van der Waals surface area contributed by atoms with Gasteiger partial charge in [0.1, 0.15) is 29.3 Å². The lowest BCUT2D eigenvalue weighted by Crippen LogP contribution is -2.40. The summed E-state index contributed by atoms with van der Waals surface area (Å²) in [4.78, 5) is 47.8. The monoisotopic (exact) mass is 801 g/mol. The van der Waals surface area contributed by atoms with E-state index in [0.29, 0.717) is 46.3 Å². The topological polar surface area (TPSA) is 204 Å². The minimum atomic E-state index is -4.95. The van der Waals surface area contributed by atoms with Crippen LogP contribution in [-0.2, 0) is 21.6 Å². The van der Waals surface area contributed by atoms with Gasteiger partial charge in [0, 0.05) is 48.2 Å². The molecule has 0 unspecified atom stereocenters. The molecule has 56 heavy (non-hydrogen) atoms. The number of benzene rings is 3. The Morgan fingerprint density at radius 1 is 0.982 bits per heavy atom. The molecule has 2 aromatic heterocycles. The Hall–Kier alpha value is -5.75. The van der Waals surface area contributed by atoms with Gasteiger partial charge in [0.2, 0.25) is 5.91 Å². The smallest absolute Gasteiger partial charge is 0.332 e. The van der Waals surface area contributed by atoms with Crippen molar-refractivity contribution < 1.29 is 31.4 Å². The highest BCUT2D eigenvalue weighted by atomic mass is 32.3. The maximum atomic E-state index is 13.8. The van der Waals surface area contributed by atoms with Crippen LogP contribution in [0.4, 0.5) is 14.5 Å². The molecule has 0 bridgehead atoms. The number of nitrogens with two attached hydrogens (primary N) is 1. The summed E-state index contributed by atoms with van der Waals surface area (Å²) in [5.41, 5.74) is 8.20. The van der Waals surface area contributed by atoms with Gasteiger partial charge >= 0.3 is 16.3 Å². The van der Waals surface area contributed by atoms with Crippen molar-refractivity contribution in [1.29, 1.82) is 0 Å². The van der Waals surface area contributed by atoms with E-state index in [4.69, 9.17) is 15.6 Å². The first-order valence-electron chi connectivity index (χ1n) is 18.1. The van der Waals surface area contributed by atoms with E-state index < -0.39 is 21.0 Å². The van der Waals surface area contributed by atoms with Crippen LogP contribution in [0.1, 0.15) is 36.0 Å². The lowest BCUT2D eigenvalue weighted by atomic mass is 10.0. The summed E-state index contributed by atoms with van der Waals surface area (Å²) in [6.45, 7) is 0.567. The van der Waals surface area contributed by atoms with Crippen molar-refractivity contribution in [1.82, 2.24) is 40.6 Å². The van der Waals surface area contributed by atoms with Crippen molar-refractivity contribution in [3.8, 4) is 22.8 Å². The standard InChI is InChI=1S/C38H40FN9O6S2/c39-56(52,53)28-16-12-25(13-17-28)37(50)47(19-18-41-31(49)9-5-4-8-30-34-29(22-55-30)44-38(51)45-34)20-21-48-36-32(35(40)42-23-43-36)33(46-48)24-10-14-27(15-11-24)54-26-6-2-1-3-7-26/h1-3,6-7,10-17,23,29-30,34H,4-5,8-9,18-22H2,(H,41,49)(H2,40,42,43)(H2,44,45,51)/t29-,30-,34-/m0/s1. The SMILES string of the molecule is Nc1ncnc2c1c(-c1ccc(Oc3ccccc3)cc1)nn2CCN(CCNC(=O)CCCC[C@@H]1SC[C@@H]2NC(=O)N[C@@H]21)C(=O)c1ccc(S(=O)(=O)F)cc1. The van der Waals surface area contributed by atoms with Gasteiger partial charge in [0.25, 0.3) is 5.91 Å². The van der Waals surface area contributed by atoms with Crippen LogP contribution in [-0.4, -0.2) is 93.6 Å². The third-order valence-electron chi connectivity index (χ3n) is 9.70. The van der Waals surface area contributed by atoms with Crippen molar-refractivity contribution in [2.45, 2.75) is 54.5 Å². The number of para-hydroxylation sites is 1. The van der Waals surface area contributed by atoms with E-state index in [1.165, 1.54) is 23.4 Å². The average Bonchev–Trinajstić information content (AvgIpc) is 3.88. The van der Waals surface area contributed by atoms with Gasteiger partial charge in [-0.15, -0.1) is 3.89 Å². The van der Waals surface area contributed by atoms with E-state index in [2.05, 4.69) is 25.9 Å². The maximum absolute atomic E-state index is 13.8. The Bertz CT molecular complexity index is 2310. The predicted octanol–water partition coefficient (Wildman–Crippen LogP) is 4.51. The van der Waals surface area contributed by atoms with E-state index in [1.54, 1.807) is 4.68 Å². The number of thioether (sulfide) groups is 1. The third kappa shape index (κ3) is 9.03. The molecule has 4 amide bonds. The second-order valence-electron chi connectivity index (χ2n) is 13.4. The number of nitrogen functional groups attached to an aromatic ring is 1. The Balaban J connectivity index is 1.02. The maximum Gasteiger partial charge on any atom is 0.332 e. The van der Waals surface area contributed by atoms with E-state index in [-0.39, 0.29) is 61.6 Å². The molecular weight excluding hydrogens is 762 g/mol. The first kappa shape index (κ1) is 38.5. The van der Waals surface area contributed by atoms with Crippen molar-refractivity contribution in [2.75, 3.05) is 31.1 Å². The van der Waals surface area contributed by atoms with Crippen LogP contribution in [0, 0.1) is 0 Å². The summed E-state index contributed by atoms with van der Waals surface area (Å²) in [5.74, 6) is 1.82. The zero-order chi connectivity index (χ0) is 39.2. The van der Waals surface area contributed by atoms with Crippen molar-refractivity contribution in [2.24, 2.45) is 0 Å². The molecule has 0 aliphatic carbocycles. The Morgan fingerprint density at radius 2 is 1.73 bits per heavy atom. The fourth-order valence-corrected chi connectivity index (χ4v) is 8.86. The van der Waals surface area contributed by atoms with Gasteiger partial charge in [-0.2, -0.15) is 25.3 Å². The first-order valence-corrected chi connectivity index (χ1v) is 20.6. The average molecular weight is 802 g/mol. The molecule has 4 heterocycles. The minimum Gasteiger partial charge on any atom is -0.457 e. The molecule has 2 fully saturated rings. The van der Waals surface area contributed by atoms with Gasteiger partial charge in [-0.1, -0.05) is 24.6 Å². The molecule has 7 rings (SSSR count). The van der Waals surface area contributed by atoms with Crippen LogP contribution in [0.3, 0.4) is 0 Å². The summed E-state index contributed by atoms with van der Waals surface area (Å²) in [5, 5.41) is 14.5. The minimum absolute atomic E-state index is 0.116. The van der Waals surface area contributed by atoms with Crippen LogP contribution < -0.4 is 26.4 Å². The van der Waals surface area contributed by atoms with Crippen LogP contribution in [0.5, 0.6) is 11.5 Å². The lowest BCUT2D eigenvalue weighted by Gasteiger charge is -2.23. The zero-order valence-corrected chi connectivity index (χ0v) is 31.8. The van der Waals surface area contributed by atoms with Gasteiger partial charge in [-0.3, -0.25) is 9.59 Å². The molecule has 18 heteroatoms. The third-order valence-corrected chi connectivity index (χ3v) is 12.0. The fourth-order valence-electron chi connectivity index (χ4n) is 6.86. The molecule has 2 aliphatic heterocycles. The molecule has 0 spiro atoms. The number of unbranched alkanes of at least 4 members (excludes halogenated alkanes) is 1. The van der Waals surface area contributed by atoms with Gasteiger partial charge in [0.15, 0.2) is 5.65 Å². The van der Waals surface area contributed by atoms with E-state index in [9.17, 15) is 26.7 Å². The number of amides is 4. The summed E-state index contributed by atoms with van der Waals surface area (Å²) in [6.07, 6.45) is 4.05. The molecule has 2 saturated heterocycles. The number of nitrogens with one attached hydrogen (secondary N) is 3. The second-order valence-corrected chi connectivity index (χ2v) is 16.1. The molecule has 15 nitrogen and oxygen atoms in total. The van der Waals surface area contributed by atoms with Crippen molar-refractivity contribution in [3.05, 3.63) is 90.8 Å². The van der Waals surface area contributed by atoms with Crippen LogP contribution in [0.15, 0.2) is 90.1 Å². The first-order chi connectivity index (χ1) is 27.0. The Labute approximate surface area is 326 Å². The quantitative estimate of drug-likeness (QED) is 0.0621. The molecule has 5 aromatic rings. The number of halogens is 1. The van der Waals surface area contributed by atoms with E-state index >= 15 is 0 Å². The van der Waals surface area contributed by atoms with E-state index in [1.807, 2.05) is 66.4 Å². The van der Waals surface area contributed by atoms with E-state index in [0.717, 1.165) is 36.3 Å². The number of rotatable bonds is 16. The van der Waals surface area contributed by atoms with Crippen LogP contribution in [0.25, 0.3) is 22.3 Å². The Kier molecular flexibility index (Phi) is 11.7. The molecule has 3 atom stereocenters. The van der Waals surface area contributed by atoms with Crippen LogP contribution >= 0.6 is 11.8 Å². The highest BCUT2D eigenvalue weighted by Crippen LogP contribution is 2.34. The summed E-state index contributed by atoms with van der Waals surface area (Å²) in [6, 6.07) is 21.4. The van der Waals surface area contributed by atoms with Gasteiger partial charge in [-0.25, -0.2) is 19.4 Å². The summed E-state index contributed by atoms with van der Waals surface area (Å²) < 4.78 is 44.0. The molecule has 3 aromatic carbocycles. The number of nitrogens with zero attached hydrogens (tertiary/aromatic N) is 5. The van der Waals surface area contributed by atoms with Gasteiger partial charge < -0.3 is 31.3 Å². The molecular formula is C38H40FN9O6S2. The highest BCUT2D eigenvalue weighted by molar-refractivity contribution is 8.00. The number of hydrogen-bond donors (Lipinski definition) is 4. The number of carbonyl (C=O) groups is 3. The van der Waals surface area contributed by atoms with Crippen molar-refractivity contribution in [3.63, 3.8) is 0 Å². The number of aromatic nitrogens is 4. The Morgan fingerprint density at radius 3 is 2.48 bits per heavy atom. The van der Waals surface area contributed by atoms with Gasteiger partial charge in [-0.05, 0) is 73.5 Å². The second kappa shape index (κ2) is 16.9. The molecule has 0 radical (unpaired) electrons. The summed E-state index contributed by atoms with van der Waals surface area (Å²) >= 11 is 1.83. The van der Waals surface area contributed by atoms with Crippen LogP contribution in [0.2, 0.25) is 0 Å². The molecule has 5 N–H and O–H groups in total. The largest absolute Gasteiger partial charge is 0.457 e. The highest BCUT2D eigenvalue weighted by Gasteiger charge is 2.42.